The average molecular weight is 506 g/mol. The highest BCUT2D eigenvalue weighted by molar-refractivity contribution is 5.96. The number of carbonyl (C=O) groups excluding carboxylic acids is 4. The zero-order valence-electron chi connectivity index (χ0n) is 21.3. The molecule has 0 aliphatic carbocycles. The molecule has 1 aromatic rings. The fourth-order valence-electron chi connectivity index (χ4n) is 3.57. The third kappa shape index (κ3) is 10.4. The molecule has 4 amide bonds. The van der Waals surface area contributed by atoms with Crippen LogP contribution in [0.3, 0.4) is 0 Å². The first-order valence-corrected chi connectivity index (χ1v) is 12.1. The van der Waals surface area contributed by atoms with Gasteiger partial charge in [0, 0.05) is 6.42 Å². The summed E-state index contributed by atoms with van der Waals surface area (Å²) in [7, 11) is 0. The Morgan fingerprint density at radius 2 is 1.47 bits per heavy atom. The van der Waals surface area contributed by atoms with Gasteiger partial charge in [0.15, 0.2) is 0 Å². The minimum absolute atomic E-state index is 0.00155. The van der Waals surface area contributed by atoms with Crippen LogP contribution in [-0.2, 0) is 30.4 Å². The number of nitrogens with one attached hydrogen (secondary N) is 3. The summed E-state index contributed by atoms with van der Waals surface area (Å²) in [6, 6.07) is 4.12. The van der Waals surface area contributed by atoms with E-state index in [4.69, 9.17) is 11.5 Å². The standard InChI is InChI=1S/C25H39N5O6/c1-5-15(4)21(30-22(32)17(26)11-14(2)3)24(34)28-18(13-20(27)31)23(33)29-19(25(35)36)12-16-9-7-6-8-10-16/h6-10,14-15,17-19,21H,5,11-13,26H2,1-4H3,(H2,27,31)(H,28,34)(H,29,33)(H,30,32)(H,35,36). The first-order valence-electron chi connectivity index (χ1n) is 12.1. The second-order valence-corrected chi connectivity index (χ2v) is 9.43. The number of benzene rings is 1. The molecule has 0 heterocycles. The molecule has 8 N–H and O–H groups in total. The second-order valence-electron chi connectivity index (χ2n) is 9.43. The fourth-order valence-corrected chi connectivity index (χ4v) is 3.57. The highest BCUT2D eigenvalue weighted by atomic mass is 16.4. The molecule has 11 nitrogen and oxygen atoms in total. The summed E-state index contributed by atoms with van der Waals surface area (Å²) in [5, 5.41) is 17.1. The van der Waals surface area contributed by atoms with Gasteiger partial charge >= 0.3 is 5.97 Å². The van der Waals surface area contributed by atoms with Crippen LogP contribution in [0.25, 0.3) is 0 Å². The molecule has 0 saturated carbocycles. The van der Waals surface area contributed by atoms with E-state index in [1.165, 1.54) is 0 Å². The lowest BCUT2D eigenvalue weighted by atomic mass is 9.96. The van der Waals surface area contributed by atoms with Gasteiger partial charge in [-0.2, -0.15) is 0 Å². The van der Waals surface area contributed by atoms with Crippen LogP contribution in [0.5, 0.6) is 0 Å². The monoisotopic (exact) mass is 505 g/mol. The number of rotatable bonds is 15. The largest absolute Gasteiger partial charge is 0.480 e. The van der Waals surface area contributed by atoms with Gasteiger partial charge < -0.3 is 32.5 Å². The predicted octanol–water partition coefficient (Wildman–Crippen LogP) is 0.0630. The Morgan fingerprint density at radius 1 is 0.889 bits per heavy atom. The van der Waals surface area contributed by atoms with Gasteiger partial charge in [-0.25, -0.2) is 4.79 Å². The highest BCUT2D eigenvalue weighted by Gasteiger charge is 2.33. The van der Waals surface area contributed by atoms with E-state index in [2.05, 4.69) is 16.0 Å². The smallest absolute Gasteiger partial charge is 0.326 e. The maximum atomic E-state index is 13.1. The molecule has 0 aromatic heterocycles. The van der Waals surface area contributed by atoms with Gasteiger partial charge in [0.05, 0.1) is 12.5 Å². The van der Waals surface area contributed by atoms with Crippen molar-refractivity contribution in [2.24, 2.45) is 23.3 Å². The van der Waals surface area contributed by atoms with Crippen molar-refractivity contribution in [1.29, 1.82) is 0 Å². The van der Waals surface area contributed by atoms with Gasteiger partial charge in [0.2, 0.25) is 23.6 Å². The predicted molar refractivity (Wildman–Crippen MR) is 134 cm³/mol. The van der Waals surface area contributed by atoms with Gasteiger partial charge in [-0.15, -0.1) is 0 Å². The van der Waals surface area contributed by atoms with Crippen LogP contribution in [0, 0.1) is 11.8 Å². The Morgan fingerprint density at radius 3 is 1.97 bits per heavy atom. The van der Waals surface area contributed by atoms with E-state index in [1.54, 1.807) is 37.3 Å². The number of carboxylic acids is 1. The highest BCUT2D eigenvalue weighted by Crippen LogP contribution is 2.11. The molecule has 36 heavy (non-hydrogen) atoms. The van der Waals surface area contributed by atoms with Gasteiger partial charge in [-0.05, 0) is 23.8 Å². The maximum absolute atomic E-state index is 13.1. The summed E-state index contributed by atoms with van der Waals surface area (Å²) in [6.45, 7) is 7.42. The first-order chi connectivity index (χ1) is 16.8. The molecule has 0 aliphatic heterocycles. The lowest BCUT2D eigenvalue weighted by Gasteiger charge is -2.28. The number of hydrogen-bond donors (Lipinski definition) is 6. The van der Waals surface area contributed by atoms with Crippen molar-refractivity contribution in [3.05, 3.63) is 35.9 Å². The molecule has 0 aliphatic rings. The van der Waals surface area contributed by atoms with Gasteiger partial charge in [-0.3, -0.25) is 19.2 Å². The third-order valence-corrected chi connectivity index (χ3v) is 5.79. The Labute approximate surface area is 211 Å². The van der Waals surface area contributed by atoms with Crippen LogP contribution in [0.15, 0.2) is 30.3 Å². The van der Waals surface area contributed by atoms with Crippen LogP contribution in [0.1, 0.15) is 52.5 Å². The number of nitrogens with two attached hydrogens (primary N) is 2. The first kappa shape index (κ1) is 30.6. The number of carboxylic acid groups (broad SMARTS) is 1. The summed E-state index contributed by atoms with van der Waals surface area (Å²) >= 11 is 0. The van der Waals surface area contributed by atoms with Crippen LogP contribution in [-0.4, -0.2) is 58.9 Å². The molecule has 1 aromatic carbocycles. The number of aliphatic carboxylic acids is 1. The van der Waals surface area contributed by atoms with E-state index in [9.17, 15) is 29.1 Å². The van der Waals surface area contributed by atoms with E-state index in [1.807, 2.05) is 20.8 Å². The Hall–Kier alpha value is -3.47. The van der Waals surface area contributed by atoms with Gasteiger partial charge in [-0.1, -0.05) is 64.4 Å². The zero-order chi connectivity index (χ0) is 27.4. The molecule has 0 radical (unpaired) electrons. The van der Waals surface area contributed by atoms with Crippen molar-refractivity contribution in [2.45, 2.75) is 77.5 Å². The van der Waals surface area contributed by atoms with Gasteiger partial charge in [0.1, 0.15) is 18.1 Å². The van der Waals surface area contributed by atoms with E-state index < -0.39 is 60.2 Å². The number of amides is 4. The van der Waals surface area contributed by atoms with Crippen molar-refractivity contribution in [3.63, 3.8) is 0 Å². The van der Waals surface area contributed by atoms with Crippen LogP contribution in [0.2, 0.25) is 0 Å². The van der Waals surface area contributed by atoms with E-state index in [-0.39, 0.29) is 18.3 Å². The zero-order valence-corrected chi connectivity index (χ0v) is 21.3. The molecule has 200 valence electrons. The quantitative estimate of drug-likeness (QED) is 0.194. The van der Waals surface area contributed by atoms with Crippen LogP contribution < -0.4 is 27.4 Å². The molecule has 0 spiro atoms. The molecule has 0 bridgehead atoms. The molecule has 5 atom stereocenters. The number of carbonyl (C=O) groups is 5. The minimum atomic E-state index is -1.43. The topological polar surface area (TPSA) is 194 Å². The fraction of sp³-hybridized carbons (Fsp3) is 0.560. The van der Waals surface area contributed by atoms with Crippen molar-refractivity contribution < 1.29 is 29.1 Å². The average Bonchev–Trinajstić information content (AvgIpc) is 2.80. The Balaban J connectivity index is 3.03. The van der Waals surface area contributed by atoms with Crippen LogP contribution >= 0.6 is 0 Å². The van der Waals surface area contributed by atoms with E-state index in [0.29, 0.717) is 18.4 Å². The number of primary amides is 1. The third-order valence-electron chi connectivity index (χ3n) is 5.79. The lowest BCUT2D eigenvalue weighted by molar-refractivity contribution is -0.142. The summed E-state index contributed by atoms with van der Waals surface area (Å²) in [5.74, 6) is -4.38. The summed E-state index contributed by atoms with van der Waals surface area (Å²) < 4.78 is 0. The molecule has 0 fully saturated rings. The SMILES string of the molecule is CCC(C)C(NC(=O)C(N)CC(C)C)C(=O)NC(CC(N)=O)C(=O)NC(Cc1ccccc1)C(=O)O. The Bertz CT molecular complexity index is 907. The normalized spacial score (nSPS) is 15.2. The molecule has 11 heteroatoms. The van der Waals surface area contributed by atoms with Crippen molar-refractivity contribution in [2.75, 3.05) is 0 Å². The summed E-state index contributed by atoms with van der Waals surface area (Å²) in [4.78, 5) is 62.0. The van der Waals surface area contributed by atoms with E-state index in [0.717, 1.165) is 0 Å². The lowest BCUT2D eigenvalue weighted by Crippen LogP contribution is -2.59. The van der Waals surface area contributed by atoms with Gasteiger partial charge in [0.25, 0.3) is 0 Å². The number of hydrogen-bond acceptors (Lipinski definition) is 6. The van der Waals surface area contributed by atoms with Crippen LogP contribution in [0.4, 0.5) is 0 Å². The summed E-state index contributed by atoms with van der Waals surface area (Å²) in [5.41, 5.74) is 11.9. The van der Waals surface area contributed by atoms with Crippen molar-refractivity contribution in [3.8, 4) is 0 Å². The second kappa shape index (κ2) is 14.8. The summed E-state index contributed by atoms with van der Waals surface area (Å²) in [6.07, 6.45) is 0.399. The van der Waals surface area contributed by atoms with E-state index >= 15 is 0 Å². The Kier molecular flexibility index (Phi) is 12.6. The molecule has 5 unspecified atom stereocenters. The molecular weight excluding hydrogens is 466 g/mol. The maximum Gasteiger partial charge on any atom is 0.326 e. The molecule has 1 rings (SSSR count). The molecular formula is C25H39N5O6. The van der Waals surface area contributed by atoms with Crippen molar-refractivity contribution in [1.82, 2.24) is 16.0 Å². The van der Waals surface area contributed by atoms with Crippen molar-refractivity contribution >= 4 is 29.6 Å². The minimum Gasteiger partial charge on any atom is -0.480 e. The molecule has 0 saturated heterocycles.